The summed E-state index contributed by atoms with van der Waals surface area (Å²) in [6.07, 6.45) is -0.267. The summed E-state index contributed by atoms with van der Waals surface area (Å²) in [6, 6.07) is 17.4. The maximum absolute atomic E-state index is 13.3. The second-order valence-corrected chi connectivity index (χ2v) is 7.57. The molecule has 1 aromatic heterocycles. The highest BCUT2D eigenvalue weighted by Crippen LogP contribution is 2.42. The number of fused-ring (bicyclic) bond motifs is 2. The molecule has 1 N–H and O–H groups in total. The molecule has 3 aromatic rings. The third kappa shape index (κ3) is 2.34. The van der Waals surface area contributed by atoms with Crippen LogP contribution in [0.2, 0.25) is 0 Å². The average Bonchev–Trinajstić information content (AvgIpc) is 3.29. The molecule has 5 rings (SSSR count). The van der Waals surface area contributed by atoms with Gasteiger partial charge >= 0.3 is 0 Å². The van der Waals surface area contributed by atoms with Gasteiger partial charge in [0.05, 0.1) is 11.3 Å². The van der Waals surface area contributed by atoms with Crippen molar-refractivity contribution in [2.75, 3.05) is 17.0 Å². The summed E-state index contributed by atoms with van der Waals surface area (Å²) in [5, 5.41) is 3.52. The average molecular weight is 364 g/mol. The van der Waals surface area contributed by atoms with Crippen LogP contribution in [-0.2, 0) is 0 Å². The van der Waals surface area contributed by atoms with Gasteiger partial charge in [-0.2, -0.15) is 0 Å². The number of para-hydroxylation sites is 1. The number of hydrogen-bond acceptors (Lipinski definition) is 5. The van der Waals surface area contributed by atoms with E-state index in [1.165, 1.54) is 4.88 Å². The first-order chi connectivity index (χ1) is 12.7. The molecule has 5 nitrogen and oxygen atoms in total. The van der Waals surface area contributed by atoms with E-state index in [0.29, 0.717) is 17.1 Å². The first-order valence-corrected chi connectivity index (χ1v) is 9.17. The number of aryl methyl sites for hydroxylation is 1. The second-order valence-electron chi connectivity index (χ2n) is 6.25. The van der Waals surface area contributed by atoms with Crippen LogP contribution in [0.4, 0.5) is 11.4 Å². The number of carbonyl (C=O) groups excluding carboxylic acids is 1. The zero-order valence-corrected chi connectivity index (χ0v) is 14.9. The molecule has 3 heterocycles. The zero-order chi connectivity index (χ0) is 17.7. The van der Waals surface area contributed by atoms with E-state index in [0.717, 1.165) is 16.3 Å². The lowest BCUT2D eigenvalue weighted by Gasteiger charge is -2.37. The Morgan fingerprint density at radius 3 is 2.77 bits per heavy atom. The van der Waals surface area contributed by atoms with Gasteiger partial charge in [0, 0.05) is 21.5 Å². The number of ether oxygens (including phenoxy) is 2. The fraction of sp³-hybridized carbons (Fsp3) is 0.150. The molecule has 2 aliphatic heterocycles. The van der Waals surface area contributed by atoms with E-state index in [9.17, 15) is 4.79 Å². The summed E-state index contributed by atoms with van der Waals surface area (Å²) in [5.41, 5.74) is 2.29. The van der Waals surface area contributed by atoms with Crippen molar-refractivity contribution in [1.82, 2.24) is 0 Å². The lowest BCUT2D eigenvalue weighted by molar-refractivity contribution is 0.0975. The predicted octanol–water partition coefficient (Wildman–Crippen LogP) is 4.56. The molecule has 6 heteroatoms. The molecule has 0 saturated heterocycles. The van der Waals surface area contributed by atoms with Crippen molar-refractivity contribution in [3.8, 4) is 11.5 Å². The van der Waals surface area contributed by atoms with Crippen LogP contribution in [0.15, 0.2) is 54.6 Å². The van der Waals surface area contributed by atoms with Crippen molar-refractivity contribution in [2.45, 2.75) is 13.1 Å². The Hall–Kier alpha value is -2.99. The van der Waals surface area contributed by atoms with Crippen molar-refractivity contribution in [3.63, 3.8) is 0 Å². The highest BCUT2D eigenvalue weighted by Gasteiger charge is 2.35. The van der Waals surface area contributed by atoms with Crippen LogP contribution in [0.25, 0.3) is 0 Å². The highest BCUT2D eigenvalue weighted by atomic mass is 32.1. The van der Waals surface area contributed by atoms with Crippen LogP contribution < -0.4 is 19.7 Å². The number of nitrogens with one attached hydrogen (secondary N) is 1. The SMILES string of the molecule is Cc1ccc(C2Nc3ccccc3C(=O)N2c2ccc3c(c2)OCO3)s1. The molecule has 130 valence electrons. The summed E-state index contributed by atoms with van der Waals surface area (Å²) >= 11 is 1.68. The topological polar surface area (TPSA) is 50.8 Å². The number of amides is 1. The largest absolute Gasteiger partial charge is 0.454 e. The lowest BCUT2D eigenvalue weighted by atomic mass is 10.1. The fourth-order valence-corrected chi connectivity index (χ4v) is 4.27. The molecule has 0 aliphatic carbocycles. The van der Waals surface area contributed by atoms with Crippen LogP contribution in [0.5, 0.6) is 11.5 Å². The van der Waals surface area contributed by atoms with Gasteiger partial charge in [-0.1, -0.05) is 12.1 Å². The van der Waals surface area contributed by atoms with Crippen molar-refractivity contribution in [2.24, 2.45) is 0 Å². The van der Waals surface area contributed by atoms with E-state index in [1.807, 2.05) is 42.5 Å². The van der Waals surface area contributed by atoms with Crippen molar-refractivity contribution in [3.05, 3.63) is 69.9 Å². The summed E-state index contributed by atoms with van der Waals surface area (Å²) in [5.74, 6) is 1.33. The lowest BCUT2D eigenvalue weighted by Crippen LogP contribution is -2.42. The van der Waals surface area contributed by atoms with E-state index in [1.54, 1.807) is 16.2 Å². The number of carbonyl (C=O) groups is 1. The predicted molar refractivity (Wildman–Crippen MR) is 101 cm³/mol. The van der Waals surface area contributed by atoms with Crippen LogP contribution in [0, 0.1) is 6.92 Å². The molecule has 2 aliphatic rings. The van der Waals surface area contributed by atoms with Gasteiger partial charge in [-0.05, 0) is 43.3 Å². The molecule has 0 spiro atoms. The van der Waals surface area contributed by atoms with E-state index in [2.05, 4.69) is 24.4 Å². The number of hydrogen-bond donors (Lipinski definition) is 1. The van der Waals surface area contributed by atoms with Crippen LogP contribution in [0.3, 0.4) is 0 Å². The van der Waals surface area contributed by atoms with Gasteiger partial charge in [0.25, 0.3) is 5.91 Å². The first-order valence-electron chi connectivity index (χ1n) is 8.36. The van der Waals surface area contributed by atoms with Crippen LogP contribution >= 0.6 is 11.3 Å². The Morgan fingerprint density at radius 1 is 1.08 bits per heavy atom. The Kier molecular flexibility index (Phi) is 3.39. The maximum atomic E-state index is 13.3. The Morgan fingerprint density at radius 2 is 1.92 bits per heavy atom. The molecule has 0 fully saturated rings. The quantitative estimate of drug-likeness (QED) is 0.724. The molecule has 1 atom stereocenters. The Bertz CT molecular complexity index is 1010. The number of thiophene rings is 1. The molecule has 0 bridgehead atoms. The van der Waals surface area contributed by atoms with Gasteiger partial charge in [0.1, 0.15) is 6.17 Å². The number of rotatable bonds is 2. The molecule has 0 radical (unpaired) electrons. The zero-order valence-electron chi connectivity index (χ0n) is 14.1. The van der Waals surface area contributed by atoms with E-state index in [4.69, 9.17) is 9.47 Å². The minimum atomic E-state index is -0.267. The summed E-state index contributed by atoms with van der Waals surface area (Å²) in [7, 11) is 0. The Labute approximate surface area is 154 Å². The summed E-state index contributed by atoms with van der Waals surface area (Å²) in [6.45, 7) is 2.28. The van der Waals surface area contributed by atoms with Gasteiger partial charge in [-0.3, -0.25) is 9.69 Å². The van der Waals surface area contributed by atoms with E-state index >= 15 is 0 Å². The van der Waals surface area contributed by atoms with Crippen LogP contribution in [0.1, 0.15) is 26.3 Å². The van der Waals surface area contributed by atoms with Gasteiger partial charge in [0.15, 0.2) is 11.5 Å². The number of nitrogens with zero attached hydrogens (tertiary/aromatic N) is 1. The fourth-order valence-electron chi connectivity index (χ4n) is 3.35. The van der Waals surface area contributed by atoms with Crippen molar-refractivity contribution < 1.29 is 14.3 Å². The minimum absolute atomic E-state index is 0.0331. The molecule has 1 amide bonds. The highest BCUT2D eigenvalue weighted by molar-refractivity contribution is 7.12. The molecular weight excluding hydrogens is 348 g/mol. The van der Waals surface area contributed by atoms with Gasteiger partial charge < -0.3 is 14.8 Å². The molecule has 2 aromatic carbocycles. The molecule has 1 unspecified atom stereocenters. The Balaban J connectivity index is 1.65. The van der Waals surface area contributed by atoms with E-state index in [-0.39, 0.29) is 18.9 Å². The molecular formula is C20H16N2O3S. The van der Waals surface area contributed by atoms with Crippen LogP contribution in [-0.4, -0.2) is 12.7 Å². The molecule has 0 saturated carbocycles. The van der Waals surface area contributed by atoms with E-state index < -0.39 is 0 Å². The monoisotopic (exact) mass is 364 g/mol. The third-order valence-electron chi connectivity index (χ3n) is 4.59. The first kappa shape index (κ1) is 15.3. The third-order valence-corrected chi connectivity index (χ3v) is 5.64. The van der Waals surface area contributed by atoms with Gasteiger partial charge in [0.2, 0.25) is 6.79 Å². The number of anilines is 2. The number of benzene rings is 2. The summed E-state index contributed by atoms with van der Waals surface area (Å²) < 4.78 is 10.9. The summed E-state index contributed by atoms with van der Waals surface area (Å²) in [4.78, 5) is 17.4. The van der Waals surface area contributed by atoms with Crippen molar-refractivity contribution in [1.29, 1.82) is 0 Å². The maximum Gasteiger partial charge on any atom is 0.262 e. The second kappa shape index (κ2) is 5.78. The smallest absolute Gasteiger partial charge is 0.262 e. The minimum Gasteiger partial charge on any atom is -0.454 e. The van der Waals surface area contributed by atoms with Crippen molar-refractivity contribution >= 4 is 28.6 Å². The van der Waals surface area contributed by atoms with Gasteiger partial charge in [-0.25, -0.2) is 0 Å². The normalized spacial score (nSPS) is 17.8. The standard InChI is InChI=1S/C20H16N2O3S/c1-12-6-9-18(26-12)19-21-15-5-3-2-4-14(15)20(23)22(19)13-7-8-16-17(10-13)25-11-24-16/h2-10,19,21H,11H2,1H3. The molecule has 26 heavy (non-hydrogen) atoms. The van der Waals surface area contributed by atoms with Gasteiger partial charge in [-0.15, -0.1) is 11.3 Å².